The van der Waals surface area contributed by atoms with Crippen LogP contribution in [-0.2, 0) is 16.1 Å². The first kappa shape index (κ1) is 20.5. The van der Waals surface area contributed by atoms with Gasteiger partial charge in [0.25, 0.3) is 5.91 Å². The number of fused-ring (bicyclic) bond motifs is 1. The molecule has 2 saturated heterocycles. The van der Waals surface area contributed by atoms with Crippen LogP contribution in [-0.4, -0.2) is 48.4 Å². The highest BCUT2D eigenvalue weighted by atomic mass is 16.5. The van der Waals surface area contributed by atoms with Crippen molar-refractivity contribution >= 4 is 23.4 Å². The van der Waals surface area contributed by atoms with Crippen molar-refractivity contribution in [3.05, 3.63) is 59.2 Å². The quantitative estimate of drug-likeness (QED) is 0.734. The number of ether oxygens (including phenoxy) is 1. The number of amides is 3. The maximum atomic E-state index is 13.0. The van der Waals surface area contributed by atoms with Crippen LogP contribution in [0, 0.1) is 12.8 Å². The third kappa shape index (κ3) is 3.83. The molecule has 2 aromatic carbocycles. The van der Waals surface area contributed by atoms with Gasteiger partial charge in [0, 0.05) is 42.2 Å². The zero-order valence-corrected chi connectivity index (χ0v) is 18.2. The molecular formula is C25H27N3O4. The molecule has 0 bridgehead atoms. The molecule has 1 N–H and O–H groups in total. The number of carbonyl (C=O) groups is 3. The Morgan fingerprint density at radius 1 is 1.06 bits per heavy atom. The van der Waals surface area contributed by atoms with Crippen molar-refractivity contribution in [2.45, 2.75) is 38.8 Å². The summed E-state index contributed by atoms with van der Waals surface area (Å²) in [6, 6.07) is 13.5. The third-order valence-corrected chi connectivity index (χ3v) is 6.70. The van der Waals surface area contributed by atoms with Crippen molar-refractivity contribution in [3.8, 4) is 5.75 Å². The summed E-state index contributed by atoms with van der Waals surface area (Å²) < 4.78 is 6.20. The van der Waals surface area contributed by atoms with Crippen LogP contribution in [0.15, 0.2) is 42.5 Å². The zero-order valence-electron chi connectivity index (χ0n) is 18.2. The van der Waals surface area contributed by atoms with Gasteiger partial charge in [-0.25, -0.2) is 0 Å². The van der Waals surface area contributed by atoms with Gasteiger partial charge in [-0.2, -0.15) is 0 Å². The maximum Gasteiger partial charge on any atom is 0.255 e. The average molecular weight is 434 g/mol. The molecule has 0 aromatic heterocycles. The van der Waals surface area contributed by atoms with Crippen LogP contribution >= 0.6 is 0 Å². The van der Waals surface area contributed by atoms with Crippen LogP contribution in [0.2, 0.25) is 0 Å². The zero-order chi connectivity index (χ0) is 22.2. The molecule has 3 aliphatic rings. The van der Waals surface area contributed by atoms with Gasteiger partial charge in [0.1, 0.15) is 11.8 Å². The van der Waals surface area contributed by atoms with Gasteiger partial charge >= 0.3 is 0 Å². The predicted octanol–water partition coefficient (Wildman–Crippen LogP) is 2.66. The van der Waals surface area contributed by atoms with Crippen LogP contribution in [0.3, 0.4) is 0 Å². The Labute approximate surface area is 187 Å². The molecule has 32 heavy (non-hydrogen) atoms. The van der Waals surface area contributed by atoms with E-state index >= 15 is 0 Å². The lowest BCUT2D eigenvalue weighted by Gasteiger charge is -2.29. The van der Waals surface area contributed by atoms with Crippen LogP contribution in [0.5, 0.6) is 5.75 Å². The smallest absolute Gasteiger partial charge is 0.255 e. The Bertz CT molecular complexity index is 1070. The first-order valence-corrected chi connectivity index (χ1v) is 11.2. The highest BCUT2D eigenvalue weighted by molar-refractivity contribution is 6.05. The fraction of sp³-hybridized carbons (Fsp3) is 0.400. The number of nitrogens with zero attached hydrogens (tertiary/aromatic N) is 2. The lowest BCUT2D eigenvalue weighted by atomic mass is 10.0. The average Bonchev–Trinajstić information content (AvgIpc) is 3.38. The fourth-order valence-electron chi connectivity index (χ4n) is 4.86. The summed E-state index contributed by atoms with van der Waals surface area (Å²) in [6.45, 7) is 4.96. The van der Waals surface area contributed by atoms with Gasteiger partial charge in [0.15, 0.2) is 0 Å². The predicted molar refractivity (Wildman–Crippen MR) is 119 cm³/mol. The van der Waals surface area contributed by atoms with E-state index in [0.29, 0.717) is 36.8 Å². The summed E-state index contributed by atoms with van der Waals surface area (Å²) in [5, 5.41) is 2.34. The number of imide groups is 1. The Kier molecular flexibility index (Phi) is 5.33. The van der Waals surface area contributed by atoms with E-state index in [2.05, 4.69) is 41.4 Å². The number of anilines is 1. The minimum absolute atomic E-state index is 0.175. The number of rotatable bonds is 5. The largest absolute Gasteiger partial charge is 0.493 e. The monoisotopic (exact) mass is 433 g/mol. The number of aryl methyl sites for hydroxylation is 1. The van der Waals surface area contributed by atoms with E-state index in [4.69, 9.17) is 4.74 Å². The number of piperidine rings is 1. The highest BCUT2D eigenvalue weighted by Gasteiger charge is 2.40. The van der Waals surface area contributed by atoms with Crippen LogP contribution in [0.4, 0.5) is 5.69 Å². The Morgan fingerprint density at radius 3 is 2.66 bits per heavy atom. The second-order valence-electron chi connectivity index (χ2n) is 8.93. The van der Waals surface area contributed by atoms with E-state index in [1.54, 1.807) is 11.0 Å². The first-order valence-electron chi connectivity index (χ1n) is 11.2. The van der Waals surface area contributed by atoms with E-state index in [1.165, 1.54) is 11.3 Å². The number of hydrogen-bond acceptors (Lipinski definition) is 5. The molecule has 0 spiro atoms. The standard InChI is InChI=1S/C25H27N3O4/c1-16-5-7-18(8-6-16)27-12-11-17(13-27)15-32-22-4-2-3-19-20(22)14-28(25(19)31)21-9-10-23(29)26-24(21)30/h2-8,17,21H,9-15H2,1H3,(H,26,29,30)/t17-,21?/m1/s1. The second kappa shape index (κ2) is 8.30. The van der Waals surface area contributed by atoms with Gasteiger partial charge in [0.2, 0.25) is 11.8 Å². The molecule has 0 radical (unpaired) electrons. The number of benzene rings is 2. The molecule has 1 unspecified atom stereocenters. The van der Waals surface area contributed by atoms with Crippen molar-refractivity contribution in [1.29, 1.82) is 0 Å². The molecule has 2 atom stereocenters. The van der Waals surface area contributed by atoms with Crippen LogP contribution < -0.4 is 15.0 Å². The van der Waals surface area contributed by atoms with Gasteiger partial charge in [-0.1, -0.05) is 23.8 Å². The molecule has 2 fully saturated rings. The number of carbonyl (C=O) groups excluding carboxylic acids is 3. The summed E-state index contributed by atoms with van der Waals surface area (Å²) in [7, 11) is 0. The lowest BCUT2D eigenvalue weighted by molar-refractivity contribution is -0.136. The van der Waals surface area contributed by atoms with Gasteiger partial charge in [-0.15, -0.1) is 0 Å². The topological polar surface area (TPSA) is 79.0 Å². The summed E-state index contributed by atoms with van der Waals surface area (Å²) in [6.07, 6.45) is 1.67. The van der Waals surface area contributed by atoms with Crippen molar-refractivity contribution < 1.29 is 19.1 Å². The molecule has 3 amide bonds. The minimum Gasteiger partial charge on any atom is -0.493 e. The van der Waals surface area contributed by atoms with Gasteiger partial charge < -0.3 is 14.5 Å². The fourth-order valence-corrected chi connectivity index (χ4v) is 4.86. The maximum absolute atomic E-state index is 13.0. The SMILES string of the molecule is Cc1ccc(N2CC[C@@H](COc3cccc4c3CN(C3CCC(=O)NC3=O)C4=O)C2)cc1. The van der Waals surface area contributed by atoms with Crippen LogP contribution in [0.1, 0.15) is 40.7 Å². The number of nitrogens with one attached hydrogen (secondary N) is 1. The molecule has 2 aromatic rings. The van der Waals surface area contributed by atoms with Crippen molar-refractivity contribution in [2.75, 3.05) is 24.6 Å². The van der Waals surface area contributed by atoms with E-state index in [-0.39, 0.29) is 18.2 Å². The molecule has 5 rings (SSSR count). The van der Waals surface area contributed by atoms with Gasteiger partial charge in [-0.3, -0.25) is 19.7 Å². The Morgan fingerprint density at radius 2 is 1.88 bits per heavy atom. The molecule has 0 saturated carbocycles. The van der Waals surface area contributed by atoms with Gasteiger partial charge in [0.05, 0.1) is 13.2 Å². The van der Waals surface area contributed by atoms with Crippen molar-refractivity contribution in [3.63, 3.8) is 0 Å². The molecule has 3 heterocycles. The summed E-state index contributed by atoms with van der Waals surface area (Å²) >= 11 is 0. The van der Waals surface area contributed by atoms with E-state index in [0.717, 1.165) is 25.1 Å². The van der Waals surface area contributed by atoms with E-state index in [1.807, 2.05) is 12.1 Å². The van der Waals surface area contributed by atoms with Crippen molar-refractivity contribution in [1.82, 2.24) is 10.2 Å². The molecular weight excluding hydrogens is 406 g/mol. The third-order valence-electron chi connectivity index (χ3n) is 6.70. The lowest BCUT2D eigenvalue weighted by Crippen LogP contribution is -2.52. The minimum atomic E-state index is -0.613. The highest BCUT2D eigenvalue weighted by Crippen LogP contribution is 2.34. The molecule has 7 nitrogen and oxygen atoms in total. The summed E-state index contributed by atoms with van der Waals surface area (Å²) in [5.41, 5.74) is 3.91. The first-order chi connectivity index (χ1) is 15.5. The number of hydrogen-bond donors (Lipinski definition) is 1. The molecule has 7 heteroatoms. The molecule has 166 valence electrons. The summed E-state index contributed by atoms with van der Waals surface area (Å²) in [5.74, 6) is 0.268. The Hall–Kier alpha value is -3.35. The normalized spacial score (nSPS) is 22.8. The van der Waals surface area contributed by atoms with E-state index < -0.39 is 11.9 Å². The van der Waals surface area contributed by atoms with Gasteiger partial charge in [-0.05, 0) is 44.0 Å². The molecule has 3 aliphatic heterocycles. The molecule has 0 aliphatic carbocycles. The van der Waals surface area contributed by atoms with Crippen LogP contribution in [0.25, 0.3) is 0 Å². The van der Waals surface area contributed by atoms with Crippen molar-refractivity contribution in [2.24, 2.45) is 5.92 Å². The summed E-state index contributed by atoms with van der Waals surface area (Å²) in [4.78, 5) is 40.7. The second-order valence-corrected chi connectivity index (χ2v) is 8.93. The van der Waals surface area contributed by atoms with E-state index in [9.17, 15) is 14.4 Å². The Balaban J connectivity index is 1.24.